The molecular formula is C18H19ClF2N6. The highest BCUT2D eigenvalue weighted by Crippen LogP contribution is 2.33. The van der Waals surface area contributed by atoms with E-state index in [4.69, 9.17) is 11.6 Å². The lowest BCUT2D eigenvalue weighted by Gasteiger charge is -2.18. The highest BCUT2D eigenvalue weighted by atomic mass is 35.5. The second-order valence-corrected chi connectivity index (χ2v) is 7.51. The fourth-order valence-corrected chi connectivity index (χ4v) is 3.34. The molecule has 1 fully saturated rings. The van der Waals surface area contributed by atoms with Gasteiger partial charge in [0.25, 0.3) is 5.92 Å². The minimum Gasteiger partial charge on any atom is -0.348 e. The third-order valence-corrected chi connectivity index (χ3v) is 4.99. The van der Waals surface area contributed by atoms with Crippen molar-refractivity contribution in [3.05, 3.63) is 40.7 Å². The van der Waals surface area contributed by atoms with Gasteiger partial charge in [-0.2, -0.15) is 0 Å². The van der Waals surface area contributed by atoms with Crippen molar-refractivity contribution < 1.29 is 8.78 Å². The molecule has 27 heavy (non-hydrogen) atoms. The first-order valence-electron chi connectivity index (χ1n) is 8.81. The van der Waals surface area contributed by atoms with Crippen LogP contribution < -0.4 is 4.90 Å². The molecule has 1 saturated heterocycles. The largest absolute Gasteiger partial charge is 0.348 e. The number of alkyl halides is 2. The Morgan fingerprint density at radius 1 is 1.22 bits per heavy atom. The van der Waals surface area contributed by atoms with Crippen LogP contribution >= 0.6 is 11.6 Å². The normalized spacial score (nSPS) is 16.6. The Bertz CT molecular complexity index is 987. The molecule has 0 N–H and O–H groups in total. The molecule has 0 unspecified atom stereocenters. The van der Waals surface area contributed by atoms with Gasteiger partial charge in [0.1, 0.15) is 5.82 Å². The van der Waals surface area contributed by atoms with Crippen molar-refractivity contribution in [1.82, 2.24) is 25.0 Å². The first-order chi connectivity index (χ1) is 12.8. The van der Waals surface area contributed by atoms with E-state index in [2.05, 4.69) is 20.3 Å². The number of hydrogen-bond donors (Lipinski definition) is 0. The zero-order valence-corrected chi connectivity index (χ0v) is 15.8. The molecule has 1 aliphatic rings. The van der Waals surface area contributed by atoms with Gasteiger partial charge in [-0.1, -0.05) is 48.9 Å². The standard InChI is InChI=1S/C18H19ClF2N6/c1-11(2)15-22-16(26-8-7-18(20,21)10-26)14-17(23-15)27(25-24-14)9-12-5-3-4-6-13(12)19/h3-6,11H,7-10H2,1-2H3. The van der Waals surface area contributed by atoms with Gasteiger partial charge in [0.05, 0.1) is 13.1 Å². The number of halogens is 3. The maximum Gasteiger partial charge on any atom is 0.266 e. The van der Waals surface area contributed by atoms with E-state index >= 15 is 0 Å². The zero-order valence-electron chi connectivity index (χ0n) is 15.0. The Morgan fingerprint density at radius 2 is 2.00 bits per heavy atom. The molecule has 0 amide bonds. The SMILES string of the molecule is CC(C)c1nc(N2CCC(F)(F)C2)c2nnn(Cc3ccccc3Cl)c2n1. The van der Waals surface area contributed by atoms with Gasteiger partial charge in [-0.3, -0.25) is 0 Å². The van der Waals surface area contributed by atoms with Gasteiger partial charge < -0.3 is 4.90 Å². The van der Waals surface area contributed by atoms with E-state index in [0.29, 0.717) is 34.4 Å². The average molecular weight is 393 g/mol. The van der Waals surface area contributed by atoms with Crippen LogP contribution in [-0.4, -0.2) is 44.0 Å². The molecule has 0 saturated carbocycles. The molecule has 1 aromatic carbocycles. The van der Waals surface area contributed by atoms with Crippen LogP contribution in [-0.2, 0) is 6.54 Å². The Morgan fingerprint density at radius 3 is 2.67 bits per heavy atom. The highest BCUT2D eigenvalue weighted by Gasteiger charge is 2.40. The molecule has 6 nitrogen and oxygen atoms in total. The quantitative estimate of drug-likeness (QED) is 0.674. The maximum atomic E-state index is 13.7. The summed E-state index contributed by atoms with van der Waals surface area (Å²) in [6.45, 7) is 4.18. The number of fused-ring (bicyclic) bond motifs is 1. The molecule has 1 aliphatic heterocycles. The third-order valence-electron chi connectivity index (χ3n) is 4.63. The number of benzene rings is 1. The average Bonchev–Trinajstić information content (AvgIpc) is 3.19. The summed E-state index contributed by atoms with van der Waals surface area (Å²) in [5, 5.41) is 9.01. The number of rotatable bonds is 4. The van der Waals surface area contributed by atoms with Crippen molar-refractivity contribution in [1.29, 1.82) is 0 Å². The summed E-state index contributed by atoms with van der Waals surface area (Å²) < 4.78 is 29.1. The van der Waals surface area contributed by atoms with Crippen molar-refractivity contribution in [2.45, 2.75) is 38.7 Å². The van der Waals surface area contributed by atoms with Crippen LogP contribution in [0.15, 0.2) is 24.3 Å². The molecular weight excluding hydrogens is 374 g/mol. The first kappa shape index (κ1) is 18.0. The molecule has 4 rings (SSSR count). The van der Waals surface area contributed by atoms with Crippen LogP contribution in [0.5, 0.6) is 0 Å². The summed E-state index contributed by atoms with van der Waals surface area (Å²) >= 11 is 6.25. The predicted molar refractivity (Wildman–Crippen MR) is 99.5 cm³/mol. The van der Waals surface area contributed by atoms with Gasteiger partial charge in [-0.15, -0.1) is 5.10 Å². The molecule has 0 spiro atoms. The van der Waals surface area contributed by atoms with E-state index in [1.165, 1.54) is 0 Å². The lowest BCUT2D eigenvalue weighted by molar-refractivity contribution is 0.0257. The number of anilines is 1. The minimum atomic E-state index is -2.72. The second kappa shape index (κ2) is 6.67. The Hall–Kier alpha value is -2.35. The van der Waals surface area contributed by atoms with Crippen LogP contribution in [0.1, 0.15) is 37.6 Å². The molecule has 3 aromatic rings. The highest BCUT2D eigenvalue weighted by molar-refractivity contribution is 6.31. The summed E-state index contributed by atoms with van der Waals surface area (Å²) in [6, 6.07) is 7.47. The van der Waals surface area contributed by atoms with Gasteiger partial charge >= 0.3 is 0 Å². The smallest absolute Gasteiger partial charge is 0.266 e. The van der Waals surface area contributed by atoms with Crippen molar-refractivity contribution in [2.75, 3.05) is 18.0 Å². The fourth-order valence-electron chi connectivity index (χ4n) is 3.15. The van der Waals surface area contributed by atoms with Gasteiger partial charge in [-0.25, -0.2) is 23.4 Å². The Balaban J connectivity index is 1.80. The summed E-state index contributed by atoms with van der Waals surface area (Å²) in [5.41, 5.74) is 1.84. The zero-order chi connectivity index (χ0) is 19.2. The summed E-state index contributed by atoms with van der Waals surface area (Å²) in [4.78, 5) is 10.7. The maximum absolute atomic E-state index is 13.7. The van der Waals surface area contributed by atoms with Gasteiger partial charge in [-0.05, 0) is 11.6 Å². The second-order valence-electron chi connectivity index (χ2n) is 7.10. The summed E-state index contributed by atoms with van der Waals surface area (Å²) in [5.74, 6) is -1.68. The fraction of sp³-hybridized carbons (Fsp3) is 0.444. The van der Waals surface area contributed by atoms with E-state index in [1.807, 2.05) is 38.1 Å². The molecule has 9 heteroatoms. The lowest BCUT2D eigenvalue weighted by atomic mass is 10.2. The van der Waals surface area contributed by atoms with Gasteiger partial charge in [0.15, 0.2) is 17.0 Å². The van der Waals surface area contributed by atoms with Crippen LogP contribution in [0.25, 0.3) is 11.2 Å². The number of hydrogen-bond acceptors (Lipinski definition) is 5. The Kier molecular flexibility index (Phi) is 4.46. The third kappa shape index (κ3) is 3.45. The summed E-state index contributed by atoms with van der Waals surface area (Å²) in [7, 11) is 0. The van der Waals surface area contributed by atoms with E-state index in [-0.39, 0.29) is 25.4 Å². The predicted octanol–water partition coefficient (Wildman–Crippen LogP) is 3.89. The molecule has 0 aliphatic carbocycles. The van der Waals surface area contributed by atoms with Gasteiger partial charge in [0, 0.05) is 23.9 Å². The molecule has 142 valence electrons. The molecule has 0 bridgehead atoms. The van der Waals surface area contributed by atoms with E-state index in [1.54, 1.807) is 9.58 Å². The van der Waals surface area contributed by atoms with E-state index in [9.17, 15) is 8.78 Å². The monoisotopic (exact) mass is 392 g/mol. The number of nitrogens with zero attached hydrogens (tertiary/aromatic N) is 6. The van der Waals surface area contributed by atoms with Crippen molar-refractivity contribution in [3.63, 3.8) is 0 Å². The number of aromatic nitrogens is 5. The Labute approximate surface area is 160 Å². The lowest BCUT2D eigenvalue weighted by Crippen LogP contribution is -2.26. The molecule has 0 atom stereocenters. The van der Waals surface area contributed by atoms with Crippen LogP contribution in [0.4, 0.5) is 14.6 Å². The van der Waals surface area contributed by atoms with Crippen LogP contribution in [0, 0.1) is 0 Å². The van der Waals surface area contributed by atoms with Gasteiger partial charge in [0.2, 0.25) is 0 Å². The summed E-state index contributed by atoms with van der Waals surface area (Å²) in [6.07, 6.45) is -0.191. The van der Waals surface area contributed by atoms with E-state index in [0.717, 1.165) is 5.56 Å². The topological polar surface area (TPSA) is 59.7 Å². The van der Waals surface area contributed by atoms with Crippen molar-refractivity contribution in [3.8, 4) is 0 Å². The van der Waals surface area contributed by atoms with E-state index < -0.39 is 5.92 Å². The molecule has 2 aromatic heterocycles. The van der Waals surface area contributed by atoms with Crippen molar-refractivity contribution >= 4 is 28.6 Å². The first-order valence-corrected chi connectivity index (χ1v) is 9.19. The minimum absolute atomic E-state index is 0.0416. The molecule has 3 heterocycles. The van der Waals surface area contributed by atoms with Crippen molar-refractivity contribution in [2.24, 2.45) is 0 Å². The van der Waals surface area contributed by atoms with Crippen LogP contribution in [0.3, 0.4) is 0 Å². The van der Waals surface area contributed by atoms with Crippen LogP contribution in [0.2, 0.25) is 5.02 Å². The molecule has 0 radical (unpaired) electrons.